The van der Waals surface area contributed by atoms with Crippen molar-refractivity contribution in [2.45, 2.75) is 0 Å². The van der Waals surface area contributed by atoms with E-state index in [0.717, 1.165) is 5.56 Å². The molecule has 1 N–H and O–H groups in total. The highest BCUT2D eigenvalue weighted by atomic mass is 16.5. The van der Waals surface area contributed by atoms with E-state index in [0.29, 0.717) is 11.4 Å². The molecule has 2 aromatic rings. The van der Waals surface area contributed by atoms with Crippen LogP contribution in [-0.2, 0) is 9.59 Å². The molecule has 1 heterocycles. The van der Waals surface area contributed by atoms with Gasteiger partial charge < -0.3 is 4.74 Å². The highest BCUT2D eigenvalue weighted by molar-refractivity contribution is 6.31. The lowest BCUT2D eigenvalue weighted by Crippen LogP contribution is -2.35. The number of carbonyl (C=O) groups is 2. The van der Waals surface area contributed by atoms with Gasteiger partial charge in [-0.3, -0.25) is 15.0 Å². The number of hydrogen-bond donors (Lipinski definition) is 1. The van der Waals surface area contributed by atoms with E-state index in [-0.39, 0.29) is 18.1 Å². The number of para-hydroxylation sites is 1. The van der Waals surface area contributed by atoms with Crippen molar-refractivity contribution in [1.29, 1.82) is 0 Å². The second kappa shape index (κ2) is 6.71. The summed E-state index contributed by atoms with van der Waals surface area (Å²) in [6.07, 6.45) is 6.68. The van der Waals surface area contributed by atoms with Crippen LogP contribution in [0.25, 0.3) is 6.08 Å². The molecular weight excluding hydrogens is 304 g/mol. The van der Waals surface area contributed by atoms with Crippen molar-refractivity contribution >= 4 is 23.6 Å². The van der Waals surface area contributed by atoms with Crippen LogP contribution in [-0.4, -0.2) is 18.4 Å². The second-order valence-electron chi connectivity index (χ2n) is 5.04. The molecule has 0 unspecified atom stereocenters. The van der Waals surface area contributed by atoms with Crippen LogP contribution in [0.15, 0.2) is 60.2 Å². The van der Waals surface area contributed by atoms with Crippen LogP contribution in [0.4, 0.5) is 5.69 Å². The number of nitrogens with zero attached hydrogens (tertiary/aromatic N) is 1. The van der Waals surface area contributed by atoms with E-state index in [1.54, 1.807) is 54.6 Å². The fourth-order valence-electron chi connectivity index (χ4n) is 2.27. The van der Waals surface area contributed by atoms with Gasteiger partial charge in [0.1, 0.15) is 17.9 Å². The Kier molecular flexibility index (Phi) is 4.30. The van der Waals surface area contributed by atoms with Crippen LogP contribution in [0, 0.1) is 12.3 Å². The third-order valence-electron chi connectivity index (χ3n) is 3.42. The number of amides is 2. The maximum Gasteiger partial charge on any atom is 0.282 e. The molecule has 0 bridgehead atoms. The van der Waals surface area contributed by atoms with Gasteiger partial charge in [0, 0.05) is 0 Å². The van der Waals surface area contributed by atoms with Crippen molar-refractivity contribution in [3.63, 3.8) is 0 Å². The molecule has 0 atom stereocenters. The van der Waals surface area contributed by atoms with Crippen molar-refractivity contribution in [3.8, 4) is 18.1 Å². The number of hydrazine groups is 1. The molecule has 5 nitrogen and oxygen atoms in total. The number of ether oxygens (including phenoxy) is 1. The summed E-state index contributed by atoms with van der Waals surface area (Å²) in [7, 11) is 0. The lowest BCUT2D eigenvalue weighted by molar-refractivity contribution is -0.117. The largest absolute Gasteiger partial charge is 0.481 e. The molecular formula is C19H14N2O3. The zero-order chi connectivity index (χ0) is 16.9. The Morgan fingerprint density at radius 3 is 2.46 bits per heavy atom. The van der Waals surface area contributed by atoms with E-state index in [4.69, 9.17) is 11.2 Å². The van der Waals surface area contributed by atoms with Gasteiger partial charge in [0.05, 0.1) is 5.69 Å². The lowest BCUT2D eigenvalue weighted by Gasteiger charge is -2.13. The summed E-state index contributed by atoms with van der Waals surface area (Å²) in [4.78, 5) is 24.5. The number of hydrogen-bond acceptors (Lipinski definition) is 3. The number of nitrogens with one attached hydrogen (secondary N) is 1. The van der Waals surface area contributed by atoms with E-state index in [1.807, 2.05) is 6.07 Å². The van der Waals surface area contributed by atoms with Crippen molar-refractivity contribution in [2.24, 2.45) is 0 Å². The first-order chi connectivity index (χ1) is 11.7. The topological polar surface area (TPSA) is 58.6 Å². The highest BCUT2D eigenvalue weighted by Gasteiger charge is 2.34. The SMILES string of the molecule is C#CCOc1ccc(C=C2C(=O)NN(c3ccccc3)C2=O)cc1. The lowest BCUT2D eigenvalue weighted by atomic mass is 10.1. The molecule has 2 amide bonds. The van der Waals surface area contributed by atoms with Crippen LogP contribution in [0.3, 0.4) is 0 Å². The van der Waals surface area contributed by atoms with Crippen molar-refractivity contribution in [1.82, 2.24) is 5.43 Å². The van der Waals surface area contributed by atoms with Crippen LogP contribution in [0.2, 0.25) is 0 Å². The summed E-state index contributed by atoms with van der Waals surface area (Å²) in [5.41, 5.74) is 3.97. The van der Waals surface area contributed by atoms with Gasteiger partial charge in [-0.1, -0.05) is 36.3 Å². The van der Waals surface area contributed by atoms with E-state index >= 15 is 0 Å². The van der Waals surface area contributed by atoms with Gasteiger partial charge in [-0.2, -0.15) is 0 Å². The maximum absolute atomic E-state index is 12.5. The van der Waals surface area contributed by atoms with E-state index in [2.05, 4.69) is 11.3 Å². The van der Waals surface area contributed by atoms with E-state index in [9.17, 15) is 9.59 Å². The first-order valence-electron chi connectivity index (χ1n) is 7.27. The number of benzene rings is 2. The first kappa shape index (κ1) is 15.4. The van der Waals surface area contributed by atoms with Gasteiger partial charge in [0.25, 0.3) is 11.8 Å². The molecule has 0 aromatic heterocycles. The molecule has 1 fully saturated rings. The normalized spacial score (nSPS) is 15.3. The van der Waals surface area contributed by atoms with Gasteiger partial charge in [-0.15, -0.1) is 6.42 Å². The zero-order valence-corrected chi connectivity index (χ0v) is 12.7. The molecule has 5 heteroatoms. The summed E-state index contributed by atoms with van der Waals surface area (Å²) in [6, 6.07) is 15.9. The first-order valence-corrected chi connectivity index (χ1v) is 7.27. The molecule has 1 aliphatic rings. The summed E-state index contributed by atoms with van der Waals surface area (Å²) in [5.74, 6) is 2.19. The monoisotopic (exact) mass is 318 g/mol. The smallest absolute Gasteiger partial charge is 0.282 e. The fraction of sp³-hybridized carbons (Fsp3) is 0.0526. The van der Waals surface area contributed by atoms with Gasteiger partial charge in [0.2, 0.25) is 0 Å². The van der Waals surface area contributed by atoms with Gasteiger partial charge in [0.15, 0.2) is 0 Å². The molecule has 0 spiro atoms. The molecule has 2 aromatic carbocycles. The molecule has 24 heavy (non-hydrogen) atoms. The predicted octanol–water partition coefficient (Wildman–Crippen LogP) is 2.16. The number of rotatable bonds is 4. The second-order valence-corrected chi connectivity index (χ2v) is 5.04. The highest BCUT2D eigenvalue weighted by Crippen LogP contribution is 2.21. The fourth-order valence-corrected chi connectivity index (χ4v) is 2.27. The van der Waals surface area contributed by atoms with Crippen LogP contribution < -0.4 is 15.2 Å². The van der Waals surface area contributed by atoms with Crippen molar-refractivity contribution in [3.05, 3.63) is 65.7 Å². The standard InChI is InChI=1S/C19H14N2O3/c1-2-12-24-16-10-8-14(9-11-16)13-17-18(22)20-21(19(17)23)15-6-4-3-5-7-15/h1,3-11,13H,12H2,(H,20,22). The van der Waals surface area contributed by atoms with Crippen molar-refractivity contribution in [2.75, 3.05) is 11.6 Å². The summed E-state index contributed by atoms with van der Waals surface area (Å²) < 4.78 is 5.29. The molecule has 1 aliphatic heterocycles. The number of carbonyl (C=O) groups excluding carboxylic acids is 2. The molecule has 0 saturated carbocycles. The van der Waals surface area contributed by atoms with Crippen LogP contribution in [0.1, 0.15) is 5.56 Å². The third-order valence-corrected chi connectivity index (χ3v) is 3.42. The van der Waals surface area contributed by atoms with Crippen LogP contribution in [0.5, 0.6) is 5.75 Å². The Morgan fingerprint density at radius 2 is 1.79 bits per heavy atom. The Hall–Kier alpha value is -3.52. The number of anilines is 1. The Labute approximate surface area is 139 Å². The third kappa shape index (κ3) is 3.13. The molecule has 0 radical (unpaired) electrons. The average molecular weight is 318 g/mol. The quantitative estimate of drug-likeness (QED) is 0.534. The number of terminal acetylenes is 1. The Balaban J connectivity index is 1.81. The predicted molar refractivity (Wildman–Crippen MR) is 90.8 cm³/mol. The van der Waals surface area contributed by atoms with E-state index < -0.39 is 5.91 Å². The molecule has 1 saturated heterocycles. The Bertz CT molecular complexity index is 833. The minimum atomic E-state index is -0.434. The summed E-state index contributed by atoms with van der Waals surface area (Å²) >= 11 is 0. The van der Waals surface area contributed by atoms with E-state index in [1.165, 1.54) is 5.01 Å². The van der Waals surface area contributed by atoms with Crippen molar-refractivity contribution < 1.29 is 14.3 Å². The summed E-state index contributed by atoms with van der Waals surface area (Å²) in [5, 5.41) is 1.23. The van der Waals surface area contributed by atoms with Crippen LogP contribution >= 0.6 is 0 Å². The zero-order valence-electron chi connectivity index (χ0n) is 12.7. The average Bonchev–Trinajstić information content (AvgIpc) is 2.90. The molecule has 0 aliphatic carbocycles. The molecule has 118 valence electrons. The maximum atomic E-state index is 12.5. The Morgan fingerprint density at radius 1 is 1.08 bits per heavy atom. The van der Waals surface area contributed by atoms with Gasteiger partial charge in [-0.25, -0.2) is 5.01 Å². The molecule has 3 rings (SSSR count). The minimum absolute atomic E-state index is 0.0798. The van der Waals surface area contributed by atoms with Gasteiger partial charge >= 0.3 is 0 Å². The van der Waals surface area contributed by atoms with Gasteiger partial charge in [-0.05, 0) is 35.9 Å². The summed E-state index contributed by atoms with van der Waals surface area (Å²) in [6.45, 7) is 0.188. The minimum Gasteiger partial charge on any atom is -0.481 e.